The molecule has 7 heteroatoms. The Morgan fingerprint density at radius 3 is 2.44 bits per heavy atom. The zero-order chi connectivity index (χ0) is 19.3. The lowest BCUT2D eigenvalue weighted by atomic mass is 9.69. The largest absolute Gasteiger partial charge is 0.466 e. The number of rotatable bonds is 7. The molecule has 0 aromatic carbocycles. The Morgan fingerprint density at radius 2 is 2.00 bits per heavy atom. The van der Waals surface area contributed by atoms with Gasteiger partial charge in [-0.25, -0.2) is 4.79 Å². The average Bonchev–Trinajstić information content (AvgIpc) is 2.57. The van der Waals surface area contributed by atoms with Crippen molar-refractivity contribution >= 4 is 18.2 Å². The van der Waals surface area contributed by atoms with Crippen molar-refractivity contribution in [2.45, 2.75) is 72.2 Å². The van der Waals surface area contributed by atoms with Gasteiger partial charge in [0.2, 0.25) is 0 Å². The standard InChI is InChI=1S/C19H28O6.CH4.H2O/c1-7-9-14-10-13(11-16(22)23-6)17(24-15(21)8-2)19(5,25-14)18(3,4)12-20;;/h7,11-12,14,17H,1,8-10H2,2-6H3;1H4;1H2/b13-11+;;/t14-,17+,19-;;/m1../s1. The molecule has 2 N–H and O–H groups in total. The van der Waals surface area contributed by atoms with Crippen LogP contribution >= 0.6 is 0 Å². The number of methoxy groups -OCH3 is 1. The SMILES string of the molecule is C.C=CC[C@@H]1C/C(=C\C(=O)OC)[C@H](OC(=O)CC)[C@](C)(C(C)(C)C=O)O1.O. The minimum absolute atomic E-state index is 0. The molecular weight excluding hydrogens is 352 g/mol. The molecule has 1 rings (SSSR count). The number of hydrogen-bond donors (Lipinski definition) is 0. The highest BCUT2D eigenvalue weighted by atomic mass is 16.6. The summed E-state index contributed by atoms with van der Waals surface area (Å²) < 4.78 is 16.5. The summed E-state index contributed by atoms with van der Waals surface area (Å²) in [6, 6.07) is 0. The lowest BCUT2D eigenvalue weighted by Crippen LogP contribution is -2.60. The van der Waals surface area contributed by atoms with Gasteiger partial charge in [-0.15, -0.1) is 6.58 Å². The number of ether oxygens (including phenoxy) is 3. The third-order valence-electron chi connectivity index (χ3n) is 4.76. The number of hydrogen-bond acceptors (Lipinski definition) is 6. The van der Waals surface area contributed by atoms with Crippen LogP contribution in [0.2, 0.25) is 0 Å². The number of aldehydes is 1. The van der Waals surface area contributed by atoms with Crippen molar-refractivity contribution in [1.82, 2.24) is 0 Å². The van der Waals surface area contributed by atoms with Gasteiger partial charge in [0, 0.05) is 12.5 Å². The highest BCUT2D eigenvalue weighted by Gasteiger charge is 2.55. The van der Waals surface area contributed by atoms with Crippen molar-refractivity contribution in [3.05, 3.63) is 24.3 Å². The molecule has 1 aliphatic heterocycles. The predicted molar refractivity (Wildman–Crippen MR) is 103 cm³/mol. The van der Waals surface area contributed by atoms with Crippen molar-refractivity contribution in [2.24, 2.45) is 5.41 Å². The minimum Gasteiger partial charge on any atom is -0.466 e. The molecule has 0 bridgehead atoms. The Labute approximate surface area is 162 Å². The van der Waals surface area contributed by atoms with E-state index in [4.69, 9.17) is 14.2 Å². The molecule has 0 aliphatic carbocycles. The maximum atomic E-state index is 12.0. The summed E-state index contributed by atoms with van der Waals surface area (Å²) in [7, 11) is 1.28. The van der Waals surface area contributed by atoms with Gasteiger partial charge in [-0.3, -0.25) is 4.79 Å². The zero-order valence-electron chi connectivity index (χ0n) is 16.2. The molecule has 1 fully saturated rings. The van der Waals surface area contributed by atoms with Crippen molar-refractivity contribution in [2.75, 3.05) is 7.11 Å². The van der Waals surface area contributed by atoms with E-state index in [9.17, 15) is 14.4 Å². The molecule has 1 saturated heterocycles. The quantitative estimate of drug-likeness (QED) is 0.288. The highest BCUT2D eigenvalue weighted by Crippen LogP contribution is 2.45. The van der Waals surface area contributed by atoms with Crippen LogP contribution in [0.25, 0.3) is 0 Å². The summed E-state index contributed by atoms with van der Waals surface area (Å²) in [5.41, 5.74) is -1.52. The van der Waals surface area contributed by atoms with Gasteiger partial charge in [-0.05, 0) is 25.3 Å². The Kier molecular flexibility index (Phi) is 11.1. The van der Waals surface area contributed by atoms with Gasteiger partial charge in [0.05, 0.1) is 18.6 Å². The molecule has 0 aromatic heterocycles. The predicted octanol–water partition coefficient (Wildman–Crippen LogP) is 2.57. The van der Waals surface area contributed by atoms with Crippen LogP contribution in [0.15, 0.2) is 24.3 Å². The maximum absolute atomic E-state index is 12.0. The monoisotopic (exact) mass is 386 g/mol. The summed E-state index contributed by atoms with van der Waals surface area (Å²) in [6.45, 7) is 10.6. The molecule has 3 atom stereocenters. The van der Waals surface area contributed by atoms with E-state index in [2.05, 4.69) is 6.58 Å². The summed E-state index contributed by atoms with van der Waals surface area (Å²) in [5, 5.41) is 0. The first-order chi connectivity index (χ1) is 11.6. The van der Waals surface area contributed by atoms with Gasteiger partial charge in [0.25, 0.3) is 0 Å². The van der Waals surface area contributed by atoms with Gasteiger partial charge in [-0.2, -0.15) is 0 Å². The third-order valence-corrected chi connectivity index (χ3v) is 4.76. The second-order valence-electron chi connectivity index (χ2n) is 6.88. The molecule has 1 aliphatic rings. The minimum atomic E-state index is -1.13. The Bertz CT molecular complexity index is 565. The number of esters is 2. The lowest BCUT2D eigenvalue weighted by Gasteiger charge is -2.51. The van der Waals surface area contributed by atoms with Crippen LogP contribution in [0.1, 0.15) is 54.4 Å². The van der Waals surface area contributed by atoms with E-state index in [-0.39, 0.29) is 25.4 Å². The van der Waals surface area contributed by atoms with Crippen molar-refractivity contribution in [3.63, 3.8) is 0 Å². The van der Waals surface area contributed by atoms with Gasteiger partial charge in [-0.1, -0.05) is 34.3 Å². The van der Waals surface area contributed by atoms with E-state index < -0.39 is 29.1 Å². The van der Waals surface area contributed by atoms with Gasteiger partial charge in [0.15, 0.2) is 6.10 Å². The fourth-order valence-electron chi connectivity index (χ4n) is 2.85. The van der Waals surface area contributed by atoms with Crippen molar-refractivity contribution < 1.29 is 34.1 Å². The molecule has 0 spiro atoms. The first kappa shape index (κ1) is 27.2. The van der Waals surface area contributed by atoms with E-state index in [0.29, 0.717) is 18.4 Å². The molecular formula is C20H34O7. The average molecular weight is 386 g/mol. The molecule has 0 saturated carbocycles. The molecule has 0 aromatic rings. The summed E-state index contributed by atoms with van der Waals surface area (Å²) in [6.07, 6.45) is 3.78. The fraction of sp³-hybridized carbons (Fsp3) is 0.650. The molecule has 27 heavy (non-hydrogen) atoms. The van der Waals surface area contributed by atoms with E-state index in [1.54, 1.807) is 33.8 Å². The van der Waals surface area contributed by atoms with E-state index in [0.717, 1.165) is 6.29 Å². The molecule has 1 heterocycles. The number of carbonyl (C=O) groups excluding carboxylic acids is 3. The van der Waals surface area contributed by atoms with Crippen molar-refractivity contribution in [3.8, 4) is 0 Å². The van der Waals surface area contributed by atoms with Crippen LogP contribution in [0.4, 0.5) is 0 Å². The molecule has 0 radical (unpaired) electrons. The zero-order valence-corrected chi connectivity index (χ0v) is 16.2. The van der Waals surface area contributed by atoms with E-state index in [1.165, 1.54) is 13.2 Å². The van der Waals surface area contributed by atoms with Crippen LogP contribution in [0.5, 0.6) is 0 Å². The van der Waals surface area contributed by atoms with E-state index in [1.807, 2.05) is 0 Å². The van der Waals surface area contributed by atoms with E-state index >= 15 is 0 Å². The fourth-order valence-corrected chi connectivity index (χ4v) is 2.85. The van der Waals surface area contributed by atoms with Gasteiger partial charge in [0.1, 0.15) is 11.9 Å². The van der Waals surface area contributed by atoms with Crippen LogP contribution in [-0.2, 0) is 28.6 Å². The van der Waals surface area contributed by atoms with Gasteiger partial charge < -0.3 is 24.5 Å². The maximum Gasteiger partial charge on any atom is 0.330 e. The van der Waals surface area contributed by atoms with Crippen molar-refractivity contribution in [1.29, 1.82) is 0 Å². The summed E-state index contributed by atoms with van der Waals surface area (Å²) in [5.74, 6) is -0.975. The number of carbonyl (C=O) groups is 3. The lowest BCUT2D eigenvalue weighted by molar-refractivity contribution is -0.217. The van der Waals surface area contributed by atoms with Crippen LogP contribution in [-0.4, -0.2) is 48.6 Å². The van der Waals surface area contributed by atoms with Gasteiger partial charge >= 0.3 is 11.9 Å². The summed E-state index contributed by atoms with van der Waals surface area (Å²) in [4.78, 5) is 35.5. The third kappa shape index (κ3) is 6.01. The first-order valence-electron chi connectivity index (χ1n) is 8.38. The van der Waals surface area contributed by atoms with Crippen LogP contribution in [0, 0.1) is 5.41 Å². The topological polar surface area (TPSA) is 110 Å². The Balaban J connectivity index is 0. The van der Waals surface area contributed by atoms with Crippen LogP contribution in [0.3, 0.4) is 0 Å². The smallest absolute Gasteiger partial charge is 0.330 e. The highest BCUT2D eigenvalue weighted by molar-refractivity contribution is 5.83. The second kappa shape index (κ2) is 11.0. The normalized spacial score (nSPS) is 26.2. The first-order valence-corrected chi connectivity index (χ1v) is 8.38. The Hall–Kier alpha value is -1.99. The second-order valence-corrected chi connectivity index (χ2v) is 6.88. The van der Waals surface area contributed by atoms with Crippen LogP contribution < -0.4 is 0 Å². The molecule has 0 amide bonds. The summed E-state index contributed by atoms with van der Waals surface area (Å²) >= 11 is 0. The molecule has 0 unspecified atom stereocenters. The molecule has 7 nitrogen and oxygen atoms in total. The Morgan fingerprint density at radius 1 is 1.41 bits per heavy atom. The molecule has 156 valence electrons.